The summed E-state index contributed by atoms with van der Waals surface area (Å²) in [6, 6.07) is 13.2. The number of nitrogens with one attached hydrogen (secondary N) is 1. The van der Waals surface area contributed by atoms with Crippen LogP contribution >= 0.6 is 0 Å². The molecular formula is C15H11IN2O2. The first-order valence-electron chi connectivity index (χ1n) is 6.05. The van der Waals surface area contributed by atoms with E-state index in [1.807, 2.05) is 37.3 Å². The fourth-order valence-electron chi connectivity index (χ4n) is 1.89. The molecule has 0 spiro atoms. The standard InChI is InChI=1S/C15H11IN2O2/c1-9-7-8-11-13(19)12(15(20)18-14(11)17-9)16-10-5-3-2-4-6-10/h2-8H,1H3,(H-,17,18,19,20). The molecule has 3 rings (SSSR count). The van der Waals surface area contributed by atoms with E-state index in [0.717, 1.165) is 9.26 Å². The molecule has 0 aliphatic rings. The van der Waals surface area contributed by atoms with Crippen LogP contribution in [0, 0.1) is 14.1 Å². The normalized spacial score (nSPS) is 10.8. The molecule has 100 valence electrons. The average Bonchev–Trinajstić information content (AvgIpc) is 2.44. The Kier molecular flexibility index (Phi) is 3.43. The van der Waals surface area contributed by atoms with Crippen molar-refractivity contribution in [1.82, 2.24) is 9.97 Å². The SMILES string of the molecule is Cc1ccc2c([O-])c([I+]c3ccccc3)c(=O)[nH]c2n1. The molecule has 0 aliphatic carbocycles. The Hall–Kier alpha value is -1.89. The molecule has 2 heterocycles. The summed E-state index contributed by atoms with van der Waals surface area (Å²) in [7, 11) is 0. The maximum Gasteiger partial charge on any atom is 0.363 e. The Morgan fingerprint density at radius 2 is 1.90 bits per heavy atom. The van der Waals surface area contributed by atoms with Crippen LogP contribution in [0.2, 0.25) is 0 Å². The summed E-state index contributed by atoms with van der Waals surface area (Å²) in [4.78, 5) is 19.0. The highest BCUT2D eigenvalue weighted by molar-refractivity contribution is 5.80. The minimum atomic E-state index is -0.781. The number of H-pyrrole nitrogens is 1. The molecule has 0 fully saturated rings. The molecule has 0 atom stereocenters. The van der Waals surface area contributed by atoms with Crippen LogP contribution in [0.1, 0.15) is 5.69 Å². The second-order valence-corrected chi connectivity index (χ2v) is 7.20. The lowest BCUT2D eigenvalue weighted by molar-refractivity contribution is -0.605. The van der Waals surface area contributed by atoms with Crippen LogP contribution in [0.5, 0.6) is 5.75 Å². The van der Waals surface area contributed by atoms with Gasteiger partial charge in [-0.15, -0.1) is 0 Å². The van der Waals surface area contributed by atoms with Crippen molar-refractivity contribution in [2.45, 2.75) is 6.92 Å². The Labute approximate surface area is 125 Å². The summed E-state index contributed by atoms with van der Waals surface area (Å²) in [6.45, 7) is 1.83. The average molecular weight is 378 g/mol. The molecule has 4 nitrogen and oxygen atoms in total. The van der Waals surface area contributed by atoms with Crippen molar-refractivity contribution >= 4 is 11.0 Å². The Morgan fingerprint density at radius 3 is 2.65 bits per heavy atom. The summed E-state index contributed by atoms with van der Waals surface area (Å²) >= 11 is -0.781. The fourth-order valence-corrected chi connectivity index (χ4v) is 4.20. The van der Waals surface area contributed by atoms with Gasteiger partial charge in [-0.05, 0) is 36.9 Å². The maximum absolute atomic E-state index is 12.4. The molecule has 3 aromatic rings. The lowest BCUT2D eigenvalue weighted by Gasteiger charge is -2.09. The zero-order valence-corrected chi connectivity index (χ0v) is 12.8. The van der Waals surface area contributed by atoms with Crippen molar-refractivity contribution in [3.63, 3.8) is 0 Å². The summed E-state index contributed by atoms with van der Waals surface area (Å²) in [6.07, 6.45) is 0. The van der Waals surface area contributed by atoms with Gasteiger partial charge in [0.25, 0.3) is 3.57 Å². The van der Waals surface area contributed by atoms with Crippen LogP contribution in [0.15, 0.2) is 47.3 Å². The largest absolute Gasteiger partial charge is 0.869 e. The Bertz CT molecular complexity index is 828. The number of pyridine rings is 2. The van der Waals surface area contributed by atoms with Gasteiger partial charge in [-0.2, -0.15) is 0 Å². The Balaban J connectivity index is 2.16. The van der Waals surface area contributed by atoms with Crippen LogP contribution in [-0.4, -0.2) is 9.97 Å². The number of hydrogen-bond donors (Lipinski definition) is 1. The highest BCUT2D eigenvalue weighted by Crippen LogP contribution is 2.16. The monoisotopic (exact) mass is 378 g/mol. The predicted molar refractivity (Wildman–Crippen MR) is 70.4 cm³/mol. The van der Waals surface area contributed by atoms with Crippen LogP contribution in [0.25, 0.3) is 11.0 Å². The van der Waals surface area contributed by atoms with Crippen LogP contribution in [0.4, 0.5) is 0 Å². The third-order valence-corrected chi connectivity index (χ3v) is 5.71. The van der Waals surface area contributed by atoms with Gasteiger partial charge in [0.2, 0.25) is 0 Å². The molecule has 1 aromatic carbocycles. The van der Waals surface area contributed by atoms with E-state index in [1.54, 1.807) is 12.1 Å². The lowest BCUT2D eigenvalue weighted by atomic mass is 10.2. The second-order valence-electron chi connectivity index (χ2n) is 4.34. The van der Waals surface area contributed by atoms with Gasteiger partial charge in [-0.1, -0.05) is 18.2 Å². The van der Waals surface area contributed by atoms with Gasteiger partial charge >= 0.3 is 26.8 Å². The molecule has 0 amide bonds. The summed E-state index contributed by atoms with van der Waals surface area (Å²) in [5.74, 6) is -0.187. The van der Waals surface area contributed by atoms with Gasteiger partial charge in [0.05, 0.1) is 0 Å². The number of rotatable bonds is 2. The maximum atomic E-state index is 12.4. The van der Waals surface area contributed by atoms with E-state index < -0.39 is 21.2 Å². The lowest BCUT2D eigenvalue weighted by Crippen LogP contribution is -3.62. The van der Waals surface area contributed by atoms with Crippen molar-refractivity contribution < 1.29 is 26.3 Å². The van der Waals surface area contributed by atoms with E-state index in [-0.39, 0.29) is 11.3 Å². The molecule has 1 N–H and O–H groups in total. The van der Waals surface area contributed by atoms with Crippen molar-refractivity contribution in [2.24, 2.45) is 0 Å². The van der Waals surface area contributed by atoms with Crippen molar-refractivity contribution in [1.29, 1.82) is 0 Å². The second kappa shape index (κ2) is 5.24. The summed E-state index contributed by atoms with van der Waals surface area (Å²) < 4.78 is 1.42. The van der Waals surface area contributed by atoms with E-state index in [1.165, 1.54) is 0 Å². The fraction of sp³-hybridized carbons (Fsp3) is 0.0667. The number of nitrogens with zero attached hydrogens (tertiary/aromatic N) is 1. The molecule has 0 saturated heterocycles. The molecule has 2 aromatic heterocycles. The quantitative estimate of drug-likeness (QED) is 0.549. The highest BCUT2D eigenvalue weighted by Gasteiger charge is 2.22. The van der Waals surface area contributed by atoms with E-state index in [4.69, 9.17) is 0 Å². The smallest absolute Gasteiger partial charge is 0.363 e. The molecule has 0 aliphatic heterocycles. The van der Waals surface area contributed by atoms with Crippen molar-refractivity contribution in [3.05, 3.63) is 65.7 Å². The molecular weight excluding hydrogens is 367 g/mol. The third-order valence-electron chi connectivity index (χ3n) is 2.85. The first-order chi connectivity index (χ1) is 9.65. The summed E-state index contributed by atoms with van der Waals surface area (Å²) in [5, 5.41) is 12.9. The van der Waals surface area contributed by atoms with E-state index >= 15 is 0 Å². The third kappa shape index (κ3) is 2.40. The number of hydrogen-bond acceptors (Lipinski definition) is 3. The topological polar surface area (TPSA) is 68.8 Å². The van der Waals surface area contributed by atoms with E-state index in [2.05, 4.69) is 9.97 Å². The number of aryl methyl sites for hydroxylation is 1. The van der Waals surface area contributed by atoms with Gasteiger partial charge < -0.3 is 10.1 Å². The van der Waals surface area contributed by atoms with E-state index in [9.17, 15) is 9.90 Å². The van der Waals surface area contributed by atoms with Crippen LogP contribution in [-0.2, 0) is 0 Å². The van der Waals surface area contributed by atoms with Crippen molar-refractivity contribution in [2.75, 3.05) is 0 Å². The minimum absolute atomic E-state index is 0.187. The number of fused-ring (bicyclic) bond motifs is 1. The van der Waals surface area contributed by atoms with Gasteiger partial charge in [0.1, 0.15) is 5.65 Å². The molecule has 0 radical (unpaired) electrons. The molecule has 20 heavy (non-hydrogen) atoms. The molecule has 0 bridgehead atoms. The molecule has 5 heteroatoms. The van der Waals surface area contributed by atoms with Crippen molar-refractivity contribution in [3.8, 4) is 5.75 Å². The van der Waals surface area contributed by atoms with Crippen LogP contribution < -0.4 is 31.9 Å². The minimum Gasteiger partial charge on any atom is -0.869 e. The number of aromatic nitrogens is 2. The number of halogens is 1. The van der Waals surface area contributed by atoms with Gasteiger partial charge in [0.15, 0.2) is 3.57 Å². The van der Waals surface area contributed by atoms with E-state index in [0.29, 0.717) is 14.6 Å². The van der Waals surface area contributed by atoms with Crippen LogP contribution in [0.3, 0.4) is 0 Å². The molecule has 0 saturated carbocycles. The zero-order valence-electron chi connectivity index (χ0n) is 10.7. The zero-order chi connectivity index (χ0) is 14.1. The molecule has 0 unspecified atom stereocenters. The predicted octanol–water partition coefficient (Wildman–Crippen LogP) is -1.57. The van der Waals surface area contributed by atoms with Gasteiger partial charge in [-0.3, -0.25) is 4.79 Å². The number of aromatic amines is 1. The van der Waals surface area contributed by atoms with Gasteiger partial charge in [-0.25, -0.2) is 4.98 Å². The Morgan fingerprint density at radius 1 is 1.15 bits per heavy atom. The first-order valence-corrected chi connectivity index (χ1v) is 8.21. The van der Waals surface area contributed by atoms with Gasteiger partial charge in [0, 0.05) is 11.1 Å². The number of benzene rings is 1. The highest BCUT2D eigenvalue weighted by atomic mass is 127. The summed E-state index contributed by atoms with van der Waals surface area (Å²) in [5.41, 5.74) is 0.844. The first kappa shape index (κ1) is 13.1.